The third-order valence-electron chi connectivity index (χ3n) is 2.84. The molecule has 1 N–H and O–H groups in total. The fraction of sp³-hybridized carbons (Fsp3) is 0.750. The number of halogens is 1. The molecule has 1 aliphatic heterocycles. The quantitative estimate of drug-likeness (QED) is 0.902. The summed E-state index contributed by atoms with van der Waals surface area (Å²) in [7, 11) is 0. The van der Waals surface area contributed by atoms with Gasteiger partial charge in [0.25, 0.3) is 0 Å². The molecule has 1 saturated heterocycles. The Hall–Kier alpha value is -0.740. The fourth-order valence-corrected chi connectivity index (χ4v) is 1.93. The van der Waals surface area contributed by atoms with Gasteiger partial charge in [0.05, 0.1) is 25.0 Å². The lowest BCUT2D eigenvalue weighted by Crippen LogP contribution is -2.29. The Bertz CT molecular complexity index is 321. The molecule has 0 aromatic carbocycles. The monoisotopic (exact) mass is 259 g/mol. The summed E-state index contributed by atoms with van der Waals surface area (Å²) in [5.41, 5.74) is 0. The Morgan fingerprint density at radius 3 is 2.82 bits per heavy atom. The molecule has 0 unspecified atom stereocenters. The van der Waals surface area contributed by atoms with Gasteiger partial charge in [-0.25, -0.2) is 0 Å². The topological polar surface area (TPSA) is 39.1 Å². The highest BCUT2D eigenvalue weighted by atomic mass is 35.5. The van der Waals surface area contributed by atoms with Gasteiger partial charge in [-0.15, -0.1) is 12.4 Å². The zero-order valence-electron chi connectivity index (χ0n) is 10.6. The zero-order chi connectivity index (χ0) is 11.4. The summed E-state index contributed by atoms with van der Waals surface area (Å²) in [6, 6.07) is 0.539. The molecule has 0 saturated carbocycles. The van der Waals surface area contributed by atoms with Crippen molar-refractivity contribution in [2.75, 3.05) is 19.7 Å². The van der Waals surface area contributed by atoms with E-state index in [4.69, 9.17) is 4.74 Å². The van der Waals surface area contributed by atoms with Crippen LogP contribution in [-0.2, 0) is 0 Å². The Morgan fingerprint density at radius 2 is 2.18 bits per heavy atom. The van der Waals surface area contributed by atoms with E-state index < -0.39 is 0 Å². The molecule has 0 aliphatic carbocycles. The molecule has 98 valence electrons. The van der Waals surface area contributed by atoms with E-state index in [1.165, 1.54) is 0 Å². The Balaban J connectivity index is 0.00000144. The molecule has 0 radical (unpaired) electrons. The predicted molar refractivity (Wildman–Crippen MR) is 70.9 cm³/mol. The van der Waals surface area contributed by atoms with Crippen molar-refractivity contribution in [3.8, 4) is 5.75 Å². The maximum Gasteiger partial charge on any atom is 0.157 e. The van der Waals surface area contributed by atoms with E-state index in [-0.39, 0.29) is 12.4 Å². The van der Waals surface area contributed by atoms with E-state index >= 15 is 0 Å². The van der Waals surface area contributed by atoms with Crippen molar-refractivity contribution < 1.29 is 4.74 Å². The van der Waals surface area contributed by atoms with Crippen LogP contribution in [0.15, 0.2) is 12.4 Å². The van der Waals surface area contributed by atoms with Crippen LogP contribution in [0.5, 0.6) is 5.75 Å². The van der Waals surface area contributed by atoms with Crippen molar-refractivity contribution >= 4 is 12.4 Å². The van der Waals surface area contributed by atoms with Gasteiger partial charge in [0.15, 0.2) is 5.75 Å². The summed E-state index contributed by atoms with van der Waals surface area (Å²) >= 11 is 0. The second-order valence-corrected chi connectivity index (χ2v) is 4.84. The average Bonchev–Trinajstić information content (AvgIpc) is 2.76. The van der Waals surface area contributed by atoms with Gasteiger partial charge in [-0.3, -0.25) is 4.68 Å². The van der Waals surface area contributed by atoms with E-state index in [2.05, 4.69) is 28.9 Å². The van der Waals surface area contributed by atoms with Crippen LogP contribution in [0.2, 0.25) is 0 Å². The summed E-state index contributed by atoms with van der Waals surface area (Å²) in [5.74, 6) is 1.45. The number of rotatable bonds is 4. The first-order chi connectivity index (χ1) is 7.75. The number of hydrogen-bond acceptors (Lipinski definition) is 3. The molecular weight excluding hydrogens is 238 g/mol. The lowest BCUT2D eigenvalue weighted by atomic mass is 10.1. The maximum absolute atomic E-state index is 5.64. The lowest BCUT2D eigenvalue weighted by molar-refractivity contribution is 0.269. The smallest absolute Gasteiger partial charge is 0.157 e. The Labute approximate surface area is 109 Å². The van der Waals surface area contributed by atoms with Crippen molar-refractivity contribution in [3.63, 3.8) is 0 Å². The van der Waals surface area contributed by atoms with E-state index in [0.717, 1.165) is 38.3 Å². The van der Waals surface area contributed by atoms with Crippen molar-refractivity contribution in [2.24, 2.45) is 5.92 Å². The molecule has 1 aromatic heterocycles. The Kier molecular flexibility index (Phi) is 5.78. The number of hydrogen-bond donors (Lipinski definition) is 1. The average molecular weight is 260 g/mol. The van der Waals surface area contributed by atoms with Gasteiger partial charge in [-0.05, 0) is 31.8 Å². The molecule has 0 spiro atoms. The summed E-state index contributed by atoms with van der Waals surface area (Å²) in [4.78, 5) is 0. The third-order valence-corrected chi connectivity index (χ3v) is 2.84. The number of aromatic nitrogens is 2. The maximum atomic E-state index is 5.64. The summed E-state index contributed by atoms with van der Waals surface area (Å²) < 4.78 is 7.69. The normalized spacial score (nSPS) is 16.9. The van der Waals surface area contributed by atoms with Crippen molar-refractivity contribution in [1.82, 2.24) is 15.1 Å². The lowest BCUT2D eigenvalue weighted by Gasteiger charge is -2.22. The molecule has 0 amide bonds. The van der Waals surface area contributed by atoms with Gasteiger partial charge in [-0.2, -0.15) is 5.10 Å². The molecule has 5 heteroatoms. The standard InChI is InChI=1S/C12H21N3O.ClH/c1-10(2)9-16-12-7-14-15(8-12)11-3-5-13-6-4-11;/h7-8,10-11,13H,3-6,9H2,1-2H3;1H. The minimum Gasteiger partial charge on any atom is -0.490 e. The van der Waals surface area contributed by atoms with E-state index in [1.54, 1.807) is 0 Å². The predicted octanol–water partition coefficient (Wildman–Crippen LogP) is 2.26. The second-order valence-electron chi connectivity index (χ2n) is 4.84. The van der Waals surface area contributed by atoms with Crippen LogP contribution in [-0.4, -0.2) is 29.5 Å². The van der Waals surface area contributed by atoms with Gasteiger partial charge in [0.1, 0.15) is 0 Å². The zero-order valence-corrected chi connectivity index (χ0v) is 11.4. The first-order valence-corrected chi connectivity index (χ1v) is 6.13. The van der Waals surface area contributed by atoms with Gasteiger partial charge >= 0.3 is 0 Å². The molecule has 2 heterocycles. The van der Waals surface area contributed by atoms with E-state index in [9.17, 15) is 0 Å². The number of nitrogens with one attached hydrogen (secondary N) is 1. The molecule has 2 rings (SSSR count). The minimum atomic E-state index is 0. The van der Waals surface area contributed by atoms with E-state index in [1.807, 2.05) is 12.4 Å². The van der Waals surface area contributed by atoms with Crippen LogP contribution in [0.4, 0.5) is 0 Å². The highest BCUT2D eigenvalue weighted by Crippen LogP contribution is 2.20. The third kappa shape index (κ3) is 4.21. The van der Waals surface area contributed by atoms with Crippen molar-refractivity contribution in [3.05, 3.63) is 12.4 Å². The summed E-state index contributed by atoms with van der Waals surface area (Å²) in [5, 5.41) is 7.74. The van der Waals surface area contributed by atoms with E-state index in [0.29, 0.717) is 12.0 Å². The Morgan fingerprint density at radius 1 is 1.47 bits per heavy atom. The highest BCUT2D eigenvalue weighted by Gasteiger charge is 2.15. The summed E-state index contributed by atoms with van der Waals surface area (Å²) in [6.45, 7) is 7.24. The van der Waals surface area contributed by atoms with Crippen LogP contribution in [0.3, 0.4) is 0 Å². The van der Waals surface area contributed by atoms with Gasteiger partial charge in [-0.1, -0.05) is 13.8 Å². The fourth-order valence-electron chi connectivity index (χ4n) is 1.93. The SMILES string of the molecule is CC(C)COc1cnn(C2CCNCC2)c1.Cl. The van der Waals surface area contributed by atoms with Crippen molar-refractivity contribution in [2.45, 2.75) is 32.7 Å². The second kappa shape index (κ2) is 6.87. The summed E-state index contributed by atoms with van der Waals surface area (Å²) in [6.07, 6.45) is 6.17. The van der Waals surface area contributed by atoms with Crippen LogP contribution in [0.1, 0.15) is 32.7 Å². The van der Waals surface area contributed by atoms with Crippen LogP contribution in [0, 0.1) is 5.92 Å². The first kappa shape index (κ1) is 14.3. The van der Waals surface area contributed by atoms with Gasteiger partial charge < -0.3 is 10.1 Å². The van der Waals surface area contributed by atoms with Crippen LogP contribution < -0.4 is 10.1 Å². The molecule has 1 aromatic rings. The van der Waals surface area contributed by atoms with Crippen LogP contribution in [0.25, 0.3) is 0 Å². The molecule has 17 heavy (non-hydrogen) atoms. The molecule has 0 bridgehead atoms. The number of ether oxygens (including phenoxy) is 1. The number of piperidine rings is 1. The minimum absolute atomic E-state index is 0. The molecule has 1 aliphatic rings. The largest absolute Gasteiger partial charge is 0.490 e. The molecule has 4 nitrogen and oxygen atoms in total. The van der Waals surface area contributed by atoms with Gasteiger partial charge in [0, 0.05) is 0 Å². The molecule has 1 fully saturated rings. The van der Waals surface area contributed by atoms with Gasteiger partial charge in [0.2, 0.25) is 0 Å². The van der Waals surface area contributed by atoms with Crippen LogP contribution >= 0.6 is 12.4 Å². The highest BCUT2D eigenvalue weighted by molar-refractivity contribution is 5.85. The van der Waals surface area contributed by atoms with Crippen molar-refractivity contribution in [1.29, 1.82) is 0 Å². The molecule has 0 atom stereocenters. The first-order valence-electron chi connectivity index (χ1n) is 6.13. The number of nitrogens with zero attached hydrogens (tertiary/aromatic N) is 2. The molecular formula is C12H22ClN3O.